The van der Waals surface area contributed by atoms with Crippen molar-refractivity contribution in [1.82, 2.24) is 34.8 Å². The predicted octanol–water partition coefficient (Wildman–Crippen LogP) is 2.85. The fourth-order valence-corrected chi connectivity index (χ4v) is 4.20. The van der Waals surface area contributed by atoms with Gasteiger partial charge >= 0.3 is 0 Å². The number of oxime groups is 1. The van der Waals surface area contributed by atoms with Gasteiger partial charge in [-0.05, 0) is 42.8 Å². The zero-order chi connectivity index (χ0) is 25.4. The number of nitrogens with zero attached hydrogens (tertiary/aromatic N) is 8. The van der Waals surface area contributed by atoms with Crippen LogP contribution in [0.5, 0.6) is 0 Å². The molecule has 0 aliphatic carbocycles. The normalized spacial score (nSPS) is 13.5. The van der Waals surface area contributed by atoms with Gasteiger partial charge < -0.3 is 4.84 Å². The van der Waals surface area contributed by atoms with Crippen molar-refractivity contribution in [2.24, 2.45) is 5.16 Å². The number of amides is 2. The van der Waals surface area contributed by atoms with Crippen molar-refractivity contribution in [2.75, 3.05) is 13.2 Å². The van der Waals surface area contributed by atoms with Gasteiger partial charge in [-0.25, -0.2) is 14.6 Å². The van der Waals surface area contributed by atoms with Crippen LogP contribution >= 0.6 is 0 Å². The number of rotatable bonds is 7. The summed E-state index contributed by atoms with van der Waals surface area (Å²) in [5.74, 6) is -0.658. The zero-order valence-corrected chi connectivity index (χ0v) is 19.8. The van der Waals surface area contributed by atoms with Gasteiger partial charge in [0.05, 0.1) is 35.9 Å². The van der Waals surface area contributed by atoms with E-state index >= 15 is 0 Å². The Morgan fingerprint density at radius 2 is 1.81 bits per heavy atom. The van der Waals surface area contributed by atoms with Crippen LogP contribution in [-0.4, -0.2) is 65.5 Å². The summed E-state index contributed by atoms with van der Waals surface area (Å²) < 4.78 is 1.68. The van der Waals surface area contributed by atoms with E-state index in [1.165, 1.54) is 0 Å². The lowest BCUT2D eigenvalue weighted by Gasteiger charge is -2.12. The van der Waals surface area contributed by atoms with Crippen LogP contribution in [0, 0.1) is 0 Å². The topological polar surface area (TPSA) is 128 Å². The van der Waals surface area contributed by atoms with Crippen LogP contribution in [-0.2, 0) is 11.4 Å². The summed E-state index contributed by atoms with van der Waals surface area (Å²) >= 11 is 0. The molecule has 0 saturated heterocycles. The van der Waals surface area contributed by atoms with Crippen LogP contribution in [0.25, 0.3) is 22.2 Å². The van der Waals surface area contributed by atoms with Crippen LogP contribution in [0.3, 0.4) is 0 Å². The largest absolute Gasteiger partial charge is 0.394 e. The number of carbonyl (C=O) groups excluding carboxylic acids is 2. The Hall–Kier alpha value is -5.06. The lowest BCUT2D eigenvalue weighted by Crippen LogP contribution is -2.32. The van der Waals surface area contributed by atoms with Crippen LogP contribution in [0.1, 0.15) is 38.9 Å². The van der Waals surface area contributed by atoms with E-state index in [0.717, 1.165) is 21.4 Å². The Morgan fingerprint density at radius 1 is 1.00 bits per heavy atom. The average Bonchev–Trinajstić information content (AvgIpc) is 3.44. The lowest BCUT2D eigenvalue weighted by atomic mass is 10.1. The van der Waals surface area contributed by atoms with Crippen molar-refractivity contribution >= 4 is 39.7 Å². The average molecular weight is 492 g/mol. The molecule has 0 atom stereocenters. The highest BCUT2D eigenvalue weighted by Crippen LogP contribution is 2.22. The molecule has 2 amide bonds. The molecule has 37 heavy (non-hydrogen) atoms. The van der Waals surface area contributed by atoms with Gasteiger partial charge in [0.15, 0.2) is 5.65 Å². The van der Waals surface area contributed by atoms with E-state index in [2.05, 4.69) is 36.5 Å². The molecule has 11 heteroatoms. The molecule has 0 fully saturated rings. The van der Waals surface area contributed by atoms with Crippen molar-refractivity contribution in [3.63, 3.8) is 0 Å². The fraction of sp³-hybridized carbons (Fsp3) is 0.154. The molecule has 0 saturated carbocycles. The summed E-state index contributed by atoms with van der Waals surface area (Å²) in [6.45, 7) is 2.34. The molecule has 182 valence electrons. The van der Waals surface area contributed by atoms with Gasteiger partial charge in [-0.1, -0.05) is 34.6 Å². The molecule has 1 aliphatic heterocycles. The Labute approximate surface area is 210 Å². The summed E-state index contributed by atoms with van der Waals surface area (Å²) in [5, 5.41) is 13.5. The molecule has 0 spiro atoms. The molecule has 1 aliphatic rings. The summed E-state index contributed by atoms with van der Waals surface area (Å²) in [6, 6.07) is 16.7. The van der Waals surface area contributed by atoms with Crippen molar-refractivity contribution in [1.29, 1.82) is 0 Å². The summed E-state index contributed by atoms with van der Waals surface area (Å²) in [7, 11) is 0. The molecule has 4 heterocycles. The third-order valence-electron chi connectivity index (χ3n) is 6.08. The van der Waals surface area contributed by atoms with E-state index in [4.69, 9.17) is 4.84 Å². The van der Waals surface area contributed by atoms with Gasteiger partial charge in [-0.15, -0.1) is 5.10 Å². The fourth-order valence-electron chi connectivity index (χ4n) is 4.20. The highest BCUT2D eigenvalue weighted by Gasteiger charge is 2.34. The number of carbonyl (C=O) groups is 2. The van der Waals surface area contributed by atoms with Gasteiger partial charge in [0, 0.05) is 11.6 Å². The van der Waals surface area contributed by atoms with E-state index < -0.39 is 0 Å². The zero-order valence-electron chi connectivity index (χ0n) is 19.8. The number of hydrogen-bond acceptors (Lipinski definition) is 9. The predicted molar refractivity (Wildman–Crippen MR) is 134 cm³/mol. The van der Waals surface area contributed by atoms with Crippen LogP contribution < -0.4 is 0 Å². The Bertz CT molecular complexity index is 1680. The lowest BCUT2D eigenvalue weighted by molar-refractivity contribution is 0.0571. The molecule has 3 aromatic heterocycles. The molecule has 5 aromatic rings. The molecule has 0 N–H and O–H groups in total. The minimum Gasteiger partial charge on any atom is -0.394 e. The van der Waals surface area contributed by atoms with Crippen LogP contribution in [0.15, 0.2) is 72.1 Å². The minimum absolute atomic E-state index is 0.0504. The number of fused-ring (bicyclic) bond motifs is 3. The van der Waals surface area contributed by atoms with E-state index in [9.17, 15) is 9.59 Å². The van der Waals surface area contributed by atoms with Crippen molar-refractivity contribution in [3.8, 4) is 0 Å². The second-order valence-corrected chi connectivity index (χ2v) is 8.50. The van der Waals surface area contributed by atoms with Gasteiger partial charge in [0.2, 0.25) is 5.65 Å². The smallest absolute Gasteiger partial charge is 0.261 e. The van der Waals surface area contributed by atoms with Crippen molar-refractivity contribution < 1.29 is 14.4 Å². The maximum Gasteiger partial charge on any atom is 0.261 e. The maximum atomic E-state index is 12.5. The number of benzene rings is 2. The SMILES string of the molecule is C/C(=N\OCCN1C(=O)c2ccccc2C1=O)c1cnc2nnn(Cc3ccc4ncccc4c3)c2n1. The summed E-state index contributed by atoms with van der Waals surface area (Å²) in [6.07, 6.45) is 3.32. The number of aromatic nitrogens is 6. The minimum atomic E-state index is -0.329. The monoisotopic (exact) mass is 492 g/mol. The molecule has 0 bridgehead atoms. The molecule has 6 rings (SSSR count). The maximum absolute atomic E-state index is 12.5. The van der Waals surface area contributed by atoms with E-state index in [1.807, 2.05) is 24.3 Å². The molecular formula is C26H20N8O3. The number of pyridine rings is 1. The van der Waals surface area contributed by atoms with Crippen molar-refractivity contribution in [3.05, 3.63) is 89.4 Å². The quantitative estimate of drug-likeness (QED) is 0.147. The molecule has 0 radical (unpaired) electrons. The third-order valence-corrected chi connectivity index (χ3v) is 6.08. The Kier molecular flexibility index (Phi) is 5.56. The van der Waals surface area contributed by atoms with Gasteiger partial charge in [0.25, 0.3) is 11.8 Å². The Balaban J connectivity index is 1.14. The van der Waals surface area contributed by atoms with Gasteiger partial charge in [0.1, 0.15) is 18.0 Å². The summed E-state index contributed by atoms with van der Waals surface area (Å²) in [4.78, 5) is 44.8. The van der Waals surface area contributed by atoms with Crippen LogP contribution in [0.2, 0.25) is 0 Å². The summed E-state index contributed by atoms with van der Waals surface area (Å²) in [5.41, 5.74) is 4.69. The Morgan fingerprint density at radius 3 is 2.62 bits per heavy atom. The number of imide groups is 1. The van der Waals surface area contributed by atoms with E-state index in [0.29, 0.717) is 40.4 Å². The molecule has 0 unspecified atom stereocenters. The molecular weight excluding hydrogens is 472 g/mol. The first-order chi connectivity index (χ1) is 18.1. The molecule has 2 aromatic carbocycles. The standard InChI is InChI=1S/C26H20N8O3/c1-16(31-37-12-11-33-25(35)19-6-2-3-7-20(19)26(33)36)22-14-28-23-24(29-22)34(32-30-23)15-17-8-9-21-18(13-17)5-4-10-27-21/h2-10,13-14H,11-12,15H2,1H3/b31-16+. The second kappa shape index (κ2) is 9.19. The van der Waals surface area contributed by atoms with Gasteiger partial charge in [-0.2, -0.15) is 0 Å². The first-order valence-corrected chi connectivity index (χ1v) is 11.6. The number of hydrogen-bond donors (Lipinski definition) is 0. The highest BCUT2D eigenvalue weighted by molar-refractivity contribution is 6.21. The van der Waals surface area contributed by atoms with Crippen LogP contribution in [0.4, 0.5) is 0 Å². The molecule has 11 nitrogen and oxygen atoms in total. The second-order valence-electron chi connectivity index (χ2n) is 8.50. The highest BCUT2D eigenvalue weighted by atomic mass is 16.6. The third kappa shape index (κ3) is 4.16. The first-order valence-electron chi connectivity index (χ1n) is 11.6. The van der Waals surface area contributed by atoms with Crippen molar-refractivity contribution in [2.45, 2.75) is 13.5 Å². The van der Waals surface area contributed by atoms with E-state index in [1.54, 1.807) is 48.3 Å². The van der Waals surface area contributed by atoms with Gasteiger partial charge in [-0.3, -0.25) is 19.5 Å². The van der Waals surface area contributed by atoms with E-state index in [-0.39, 0.29) is 25.0 Å². The first kappa shape index (κ1) is 22.4.